The standard InChI is InChI=1S/C14H23N3O3S/c1-5-9(3)8-17(6-2)14(20)15-7-11-16-10(4)12(21-11)13(18)19/h9H,5-8H2,1-4H3,(H,15,20)(H,18,19). The van der Waals surface area contributed by atoms with Gasteiger partial charge in [0.1, 0.15) is 9.88 Å². The molecule has 0 spiro atoms. The highest BCUT2D eigenvalue weighted by Gasteiger charge is 2.17. The highest BCUT2D eigenvalue weighted by atomic mass is 32.1. The van der Waals surface area contributed by atoms with Crippen LogP contribution in [0.25, 0.3) is 0 Å². The number of urea groups is 1. The van der Waals surface area contributed by atoms with Gasteiger partial charge < -0.3 is 15.3 Å². The van der Waals surface area contributed by atoms with E-state index in [1.165, 1.54) is 0 Å². The van der Waals surface area contributed by atoms with E-state index >= 15 is 0 Å². The van der Waals surface area contributed by atoms with Gasteiger partial charge in [0.05, 0.1) is 12.2 Å². The summed E-state index contributed by atoms with van der Waals surface area (Å²) >= 11 is 1.10. The third kappa shape index (κ3) is 5.00. The van der Waals surface area contributed by atoms with Crippen LogP contribution < -0.4 is 5.32 Å². The van der Waals surface area contributed by atoms with E-state index in [9.17, 15) is 9.59 Å². The number of carbonyl (C=O) groups is 2. The molecule has 1 aromatic heterocycles. The van der Waals surface area contributed by atoms with Crippen molar-refractivity contribution in [1.82, 2.24) is 15.2 Å². The number of carboxylic acid groups (broad SMARTS) is 1. The second-order valence-electron chi connectivity index (χ2n) is 5.04. The van der Waals surface area contributed by atoms with Crippen molar-refractivity contribution in [3.8, 4) is 0 Å². The van der Waals surface area contributed by atoms with Crippen molar-refractivity contribution in [3.63, 3.8) is 0 Å². The van der Waals surface area contributed by atoms with E-state index in [4.69, 9.17) is 5.11 Å². The summed E-state index contributed by atoms with van der Waals surface area (Å²) in [5, 5.41) is 12.4. The van der Waals surface area contributed by atoms with Gasteiger partial charge in [-0.15, -0.1) is 11.3 Å². The SMILES string of the molecule is CCC(C)CN(CC)C(=O)NCc1nc(C)c(C(=O)O)s1. The Morgan fingerprint density at radius 3 is 2.57 bits per heavy atom. The van der Waals surface area contributed by atoms with E-state index in [2.05, 4.69) is 24.1 Å². The average molecular weight is 313 g/mol. The molecule has 0 saturated heterocycles. The zero-order chi connectivity index (χ0) is 16.0. The van der Waals surface area contributed by atoms with E-state index < -0.39 is 5.97 Å². The van der Waals surface area contributed by atoms with Crippen molar-refractivity contribution in [1.29, 1.82) is 0 Å². The third-order valence-electron chi connectivity index (χ3n) is 3.32. The number of nitrogens with zero attached hydrogens (tertiary/aromatic N) is 2. The second-order valence-corrected chi connectivity index (χ2v) is 6.12. The molecular weight excluding hydrogens is 290 g/mol. The molecule has 2 amide bonds. The van der Waals surface area contributed by atoms with Gasteiger partial charge in [0.25, 0.3) is 0 Å². The Kier molecular flexibility index (Phi) is 6.61. The Bertz CT molecular complexity index is 502. The van der Waals surface area contributed by atoms with Gasteiger partial charge in [-0.05, 0) is 19.8 Å². The number of hydrogen-bond acceptors (Lipinski definition) is 4. The van der Waals surface area contributed by atoms with Crippen molar-refractivity contribution in [3.05, 3.63) is 15.6 Å². The van der Waals surface area contributed by atoms with E-state index in [-0.39, 0.29) is 17.5 Å². The number of carboxylic acids is 1. The summed E-state index contributed by atoms with van der Waals surface area (Å²) in [5.41, 5.74) is 0.490. The molecular formula is C14H23N3O3S. The lowest BCUT2D eigenvalue weighted by Gasteiger charge is -2.24. The Hall–Kier alpha value is -1.63. The summed E-state index contributed by atoms with van der Waals surface area (Å²) in [6.07, 6.45) is 1.03. The van der Waals surface area contributed by atoms with Gasteiger partial charge in [0.15, 0.2) is 0 Å². The normalized spacial score (nSPS) is 12.0. The summed E-state index contributed by atoms with van der Waals surface area (Å²) in [6, 6.07) is -0.137. The third-order valence-corrected chi connectivity index (χ3v) is 4.47. The number of nitrogens with one attached hydrogen (secondary N) is 1. The molecule has 0 bridgehead atoms. The molecule has 0 aromatic carbocycles. The number of hydrogen-bond donors (Lipinski definition) is 2. The zero-order valence-electron chi connectivity index (χ0n) is 13.0. The zero-order valence-corrected chi connectivity index (χ0v) is 13.8. The molecule has 0 aliphatic carbocycles. The summed E-state index contributed by atoms with van der Waals surface area (Å²) in [5.74, 6) is -0.522. The lowest BCUT2D eigenvalue weighted by atomic mass is 10.1. The van der Waals surface area contributed by atoms with Crippen molar-refractivity contribution in [2.24, 2.45) is 5.92 Å². The Morgan fingerprint density at radius 2 is 2.10 bits per heavy atom. The van der Waals surface area contributed by atoms with Crippen LogP contribution >= 0.6 is 11.3 Å². The molecule has 2 N–H and O–H groups in total. The lowest BCUT2D eigenvalue weighted by molar-refractivity contribution is 0.0701. The average Bonchev–Trinajstić information content (AvgIpc) is 2.83. The van der Waals surface area contributed by atoms with Gasteiger partial charge in [-0.1, -0.05) is 20.3 Å². The van der Waals surface area contributed by atoms with Gasteiger partial charge in [0, 0.05) is 13.1 Å². The number of amides is 2. The quantitative estimate of drug-likeness (QED) is 0.811. The minimum Gasteiger partial charge on any atom is -0.477 e. The first kappa shape index (κ1) is 17.4. The van der Waals surface area contributed by atoms with Crippen molar-refractivity contribution in [2.75, 3.05) is 13.1 Å². The monoisotopic (exact) mass is 313 g/mol. The van der Waals surface area contributed by atoms with E-state index in [1.807, 2.05) is 6.92 Å². The lowest BCUT2D eigenvalue weighted by Crippen LogP contribution is -2.41. The van der Waals surface area contributed by atoms with Crippen molar-refractivity contribution in [2.45, 2.75) is 40.7 Å². The molecule has 6 nitrogen and oxygen atoms in total. The highest BCUT2D eigenvalue weighted by molar-refractivity contribution is 7.13. The molecule has 0 aliphatic rings. The topological polar surface area (TPSA) is 82.5 Å². The van der Waals surface area contributed by atoms with E-state index in [0.29, 0.717) is 23.2 Å². The predicted molar refractivity (Wildman–Crippen MR) is 82.7 cm³/mol. The summed E-state index contributed by atoms with van der Waals surface area (Å²) < 4.78 is 0. The smallest absolute Gasteiger partial charge is 0.347 e. The maximum absolute atomic E-state index is 12.1. The molecule has 1 aromatic rings. The number of aromatic nitrogens is 1. The Balaban J connectivity index is 2.59. The van der Waals surface area contributed by atoms with Crippen LogP contribution in [0.2, 0.25) is 0 Å². The first-order valence-corrected chi connectivity index (χ1v) is 7.93. The molecule has 1 rings (SSSR count). The minimum absolute atomic E-state index is 0.137. The fourth-order valence-corrected chi connectivity index (χ4v) is 2.69. The molecule has 0 saturated carbocycles. The number of thiazole rings is 1. The summed E-state index contributed by atoms with van der Waals surface area (Å²) in [4.78, 5) is 29.2. The molecule has 1 heterocycles. The molecule has 118 valence electrons. The molecule has 1 unspecified atom stereocenters. The fraction of sp³-hybridized carbons (Fsp3) is 0.643. The Morgan fingerprint density at radius 1 is 1.43 bits per heavy atom. The van der Waals surface area contributed by atoms with E-state index in [1.54, 1.807) is 11.8 Å². The molecule has 0 radical (unpaired) electrons. The molecule has 1 atom stereocenters. The first-order chi connectivity index (χ1) is 9.88. The highest BCUT2D eigenvalue weighted by Crippen LogP contribution is 2.17. The van der Waals surface area contributed by atoms with Crippen LogP contribution in [0.3, 0.4) is 0 Å². The largest absolute Gasteiger partial charge is 0.477 e. The van der Waals surface area contributed by atoms with Crippen molar-refractivity contribution < 1.29 is 14.7 Å². The van der Waals surface area contributed by atoms with Crippen LogP contribution in [0.4, 0.5) is 4.79 Å². The number of aryl methyl sites for hydroxylation is 1. The summed E-state index contributed by atoms with van der Waals surface area (Å²) in [6.45, 7) is 9.43. The van der Waals surface area contributed by atoms with Gasteiger partial charge in [0.2, 0.25) is 0 Å². The van der Waals surface area contributed by atoms with Crippen molar-refractivity contribution >= 4 is 23.3 Å². The Labute approximate surface area is 129 Å². The predicted octanol–water partition coefficient (Wildman–Crippen LogP) is 2.73. The van der Waals surface area contributed by atoms with Gasteiger partial charge in [-0.2, -0.15) is 0 Å². The van der Waals surface area contributed by atoms with Crippen LogP contribution in [-0.2, 0) is 6.54 Å². The first-order valence-electron chi connectivity index (χ1n) is 7.11. The van der Waals surface area contributed by atoms with Crippen LogP contribution in [0.15, 0.2) is 0 Å². The van der Waals surface area contributed by atoms with Crippen LogP contribution in [-0.4, -0.2) is 40.1 Å². The van der Waals surface area contributed by atoms with Gasteiger partial charge in [-0.3, -0.25) is 0 Å². The molecule has 7 heteroatoms. The number of carbonyl (C=O) groups excluding carboxylic acids is 1. The summed E-state index contributed by atoms with van der Waals surface area (Å²) in [7, 11) is 0. The maximum Gasteiger partial charge on any atom is 0.347 e. The molecule has 0 aliphatic heterocycles. The molecule has 21 heavy (non-hydrogen) atoms. The maximum atomic E-state index is 12.1. The van der Waals surface area contributed by atoms with Crippen LogP contribution in [0.5, 0.6) is 0 Å². The van der Waals surface area contributed by atoms with Gasteiger partial charge >= 0.3 is 12.0 Å². The number of rotatable bonds is 7. The fourth-order valence-electron chi connectivity index (χ4n) is 1.85. The van der Waals surface area contributed by atoms with Crippen LogP contribution in [0.1, 0.15) is 47.6 Å². The van der Waals surface area contributed by atoms with E-state index in [0.717, 1.165) is 24.3 Å². The molecule has 0 fully saturated rings. The van der Waals surface area contributed by atoms with Gasteiger partial charge in [-0.25, -0.2) is 14.6 Å². The number of aromatic carboxylic acids is 1. The van der Waals surface area contributed by atoms with Crippen LogP contribution in [0, 0.1) is 12.8 Å². The minimum atomic E-state index is -0.977. The second kappa shape index (κ2) is 7.97.